The lowest BCUT2D eigenvalue weighted by molar-refractivity contribution is -0.302. The van der Waals surface area contributed by atoms with Gasteiger partial charge < -0.3 is 40.3 Å². The molecule has 0 aliphatic carbocycles. The molecule has 0 aromatic rings. The van der Waals surface area contributed by atoms with Crippen LogP contribution in [0.2, 0.25) is 0 Å². The zero-order chi connectivity index (χ0) is 30.3. The minimum Gasteiger partial charge on any atom is -0.394 e. The third kappa shape index (κ3) is 17.0. The minimum absolute atomic E-state index is 0.185. The van der Waals surface area contributed by atoms with Crippen LogP contribution in [0.15, 0.2) is 12.2 Å². The van der Waals surface area contributed by atoms with Crippen LogP contribution in [0.4, 0.5) is 0 Å². The molecule has 1 aliphatic rings. The number of rotatable bonds is 25. The van der Waals surface area contributed by atoms with E-state index in [-0.39, 0.29) is 12.5 Å². The monoisotopic (exact) mass is 587 g/mol. The van der Waals surface area contributed by atoms with E-state index < -0.39 is 49.5 Å². The summed E-state index contributed by atoms with van der Waals surface area (Å²) in [5.74, 6) is -0.185. The molecule has 0 saturated carbocycles. The van der Waals surface area contributed by atoms with E-state index in [1.807, 2.05) is 6.08 Å². The molecule has 1 rings (SSSR count). The first-order valence-electron chi connectivity index (χ1n) is 16.4. The van der Waals surface area contributed by atoms with Gasteiger partial charge in [0, 0.05) is 6.42 Å². The Morgan fingerprint density at radius 2 is 1.34 bits per heavy atom. The second-order valence-corrected chi connectivity index (χ2v) is 11.6. The molecule has 1 aliphatic heterocycles. The van der Waals surface area contributed by atoms with Crippen LogP contribution in [0.25, 0.3) is 0 Å². The summed E-state index contributed by atoms with van der Waals surface area (Å²) in [6.45, 7) is 3.66. The average Bonchev–Trinajstić information content (AvgIpc) is 2.97. The van der Waals surface area contributed by atoms with E-state index in [1.165, 1.54) is 70.6 Å². The molecule has 242 valence electrons. The zero-order valence-electron chi connectivity index (χ0n) is 25.8. The van der Waals surface area contributed by atoms with Gasteiger partial charge in [0.15, 0.2) is 6.29 Å². The van der Waals surface area contributed by atoms with Crippen molar-refractivity contribution in [2.24, 2.45) is 0 Å². The van der Waals surface area contributed by atoms with E-state index in [4.69, 9.17) is 9.47 Å². The number of hydrogen-bond acceptors (Lipinski definition) is 8. The quantitative estimate of drug-likeness (QED) is 0.0685. The second-order valence-electron chi connectivity index (χ2n) is 11.6. The van der Waals surface area contributed by atoms with Crippen molar-refractivity contribution < 1.29 is 39.8 Å². The maximum Gasteiger partial charge on any atom is 0.220 e. The van der Waals surface area contributed by atoms with Crippen molar-refractivity contribution in [3.05, 3.63) is 12.2 Å². The first-order chi connectivity index (χ1) is 19.8. The summed E-state index contributed by atoms with van der Waals surface area (Å²) < 4.78 is 11.1. The van der Waals surface area contributed by atoms with Crippen LogP contribution in [-0.4, -0.2) is 87.5 Å². The summed E-state index contributed by atoms with van der Waals surface area (Å²) in [4.78, 5) is 12.7. The molecule has 6 N–H and O–H groups in total. The van der Waals surface area contributed by atoms with Gasteiger partial charge in [-0.3, -0.25) is 4.79 Å². The summed E-state index contributed by atoms with van der Waals surface area (Å²) in [7, 11) is 0. The maximum absolute atomic E-state index is 12.7. The number of carbonyl (C=O) groups excluding carboxylic acids is 1. The first kappa shape index (κ1) is 38.0. The summed E-state index contributed by atoms with van der Waals surface area (Å²) in [5, 5.41) is 53.4. The molecule has 1 saturated heterocycles. The Morgan fingerprint density at radius 1 is 0.805 bits per heavy atom. The van der Waals surface area contributed by atoms with Gasteiger partial charge in [-0.25, -0.2) is 0 Å². The molecule has 9 heteroatoms. The number of nitrogens with one attached hydrogen (secondary N) is 1. The molecular formula is C32H61NO8. The van der Waals surface area contributed by atoms with Gasteiger partial charge in [0.05, 0.1) is 25.4 Å². The molecule has 1 amide bonds. The fourth-order valence-electron chi connectivity index (χ4n) is 5.09. The van der Waals surface area contributed by atoms with Crippen LogP contribution in [0.1, 0.15) is 129 Å². The zero-order valence-corrected chi connectivity index (χ0v) is 25.8. The van der Waals surface area contributed by atoms with Gasteiger partial charge in [-0.05, 0) is 19.3 Å². The van der Waals surface area contributed by atoms with E-state index in [0.717, 1.165) is 38.5 Å². The van der Waals surface area contributed by atoms with Gasteiger partial charge in [0.25, 0.3) is 0 Å². The summed E-state index contributed by atoms with van der Waals surface area (Å²) in [6.07, 6.45) is 15.6. The highest BCUT2D eigenvalue weighted by molar-refractivity contribution is 5.76. The third-order valence-electron chi connectivity index (χ3n) is 7.86. The fourth-order valence-corrected chi connectivity index (χ4v) is 5.09. The van der Waals surface area contributed by atoms with Crippen molar-refractivity contribution >= 4 is 5.91 Å². The van der Waals surface area contributed by atoms with Crippen molar-refractivity contribution in [1.82, 2.24) is 5.32 Å². The normalized spacial score (nSPS) is 24.5. The second kappa shape index (κ2) is 24.4. The molecule has 0 spiro atoms. The molecule has 1 fully saturated rings. The topological polar surface area (TPSA) is 149 Å². The van der Waals surface area contributed by atoms with E-state index in [9.17, 15) is 30.3 Å². The maximum atomic E-state index is 12.7. The predicted molar refractivity (Wildman–Crippen MR) is 161 cm³/mol. The number of unbranched alkanes of at least 4 members (excludes halogenated alkanes) is 15. The fraction of sp³-hybridized carbons (Fsp3) is 0.906. The van der Waals surface area contributed by atoms with Gasteiger partial charge in [0.2, 0.25) is 5.91 Å². The first-order valence-corrected chi connectivity index (χ1v) is 16.4. The Labute approximate surface area is 248 Å². The van der Waals surface area contributed by atoms with Crippen molar-refractivity contribution in [3.63, 3.8) is 0 Å². The van der Waals surface area contributed by atoms with E-state index in [2.05, 4.69) is 19.2 Å². The van der Waals surface area contributed by atoms with Gasteiger partial charge in [-0.1, -0.05) is 116 Å². The average molecular weight is 588 g/mol. The number of carbonyl (C=O) groups is 1. The standard InChI is InChI=1S/C32H61NO8/c1-3-5-7-9-11-12-13-14-16-18-20-22-28(36)33-25(26(35)21-19-17-15-10-8-6-4-2)24-40-32-31(39)30(38)29(37)27(23-34)41-32/h19,21,25-27,29-32,34-35,37-39H,3-18,20,22-24H2,1-2H3,(H,33,36)/b21-19+. The van der Waals surface area contributed by atoms with Gasteiger partial charge >= 0.3 is 0 Å². The summed E-state index contributed by atoms with van der Waals surface area (Å²) in [6, 6.07) is -0.793. The molecule has 0 radical (unpaired) electrons. The Balaban J connectivity index is 2.51. The highest BCUT2D eigenvalue weighted by Gasteiger charge is 2.44. The lowest BCUT2D eigenvalue weighted by atomic mass is 9.99. The molecule has 0 aromatic carbocycles. The third-order valence-corrected chi connectivity index (χ3v) is 7.86. The minimum atomic E-state index is -1.56. The molecular weight excluding hydrogens is 526 g/mol. The Hall–Kier alpha value is -1.07. The van der Waals surface area contributed by atoms with Gasteiger partial charge in [-0.15, -0.1) is 0 Å². The van der Waals surface area contributed by atoms with E-state index >= 15 is 0 Å². The van der Waals surface area contributed by atoms with Crippen LogP contribution in [0.5, 0.6) is 0 Å². The van der Waals surface area contributed by atoms with Crippen LogP contribution < -0.4 is 5.32 Å². The molecule has 7 atom stereocenters. The van der Waals surface area contributed by atoms with Crippen molar-refractivity contribution in [1.29, 1.82) is 0 Å². The molecule has 0 bridgehead atoms. The SMILES string of the molecule is CCCCCCC/C=C/C(O)C(COC1OC(CO)C(O)C(O)C1O)NC(=O)CCCCCCCCCCCCC. The van der Waals surface area contributed by atoms with Crippen molar-refractivity contribution in [2.45, 2.75) is 172 Å². The van der Waals surface area contributed by atoms with E-state index in [0.29, 0.717) is 6.42 Å². The molecule has 7 unspecified atom stereocenters. The number of amides is 1. The van der Waals surface area contributed by atoms with Crippen molar-refractivity contribution in [3.8, 4) is 0 Å². The number of allylic oxidation sites excluding steroid dienone is 1. The lowest BCUT2D eigenvalue weighted by Gasteiger charge is -2.40. The van der Waals surface area contributed by atoms with Crippen molar-refractivity contribution in [2.75, 3.05) is 13.2 Å². The van der Waals surface area contributed by atoms with Crippen LogP contribution >= 0.6 is 0 Å². The van der Waals surface area contributed by atoms with Crippen LogP contribution in [0, 0.1) is 0 Å². The van der Waals surface area contributed by atoms with Crippen LogP contribution in [0.3, 0.4) is 0 Å². The molecule has 1 heterocycles. The Kier molecular flexibility index (Phi) is 22.6. The predicted octanol–water partition coefficient (Wildman–Crippen LogP) is 4.27. The smallest absolute Gasteiger partial charge is 0.220 e. The number of ether oxygens (including phenoxy) is 2. The Morgan fingerprint density at radius 3 is 1.90 bits per heavy atom. The van der Waals surface area contributed by atoms with E-state index in [1.54, 1.807) is 6.08 Å². The summed E-state index contributed by atoms with van der Waals surface area (Å²) in [5.41, 5.74) is 0. The molecule has 9 nitrogen and oxygen atoms in total. The van der Waals surface area contributed by atoms with Gasteiger partial charge in [-0.2, -0.15) is 0 Å². The Bertz CT molecular complexity index is 662. The molecule has 0 aromatic heterocycles. The number of hydrogen-bond donors (Lipinski definition) is 6. The molecule has 41 heavy (non-hydrogen) atoms. The largest absolute Gasteiger partial charge is 0.394 e. The number of aliphatic hydroxyl groups excluding tert-OH is 5. The van der Waals surface area contributed by atoms with Gasteiger partial charge in [0.1, 0.15) is 24.4 Å². The van der Waals surface area contributed by atoms with Crippen LogP contribution in [-0.2, 0) is 14.3 Å². The lowest BCUT2D eigenvalue weighted by Crippen LogP contribution is -2.60. The summed E-state index contributed by atoms with van der Waals surface area (Å²) >= 11 is 0. The highest BCUT2D eigenvalue weighted by atomic mass is 16.7. The highest BCUT2D eigenvalue weighted by Crippen LogP contribution is 2.22. The number of aliphatic hydroxyl groups is 5.